The van der Waals surface area contributed by atoms with Gasteiger partial charge in [0.2, 0.25) is 0 Å². The maximum absolute atomic E-state index is 13.0. The van der Waals surface area contributed by atoms with E-state index in [4.69, 9.17) is 4.74 Å². The summed E-state index contributed by atoms with van der Waals surface area (Å²) in [5.74, 6) is -0.602. The van der Waals surface area contributed by atoms with Crippen molar-refractivity contribution >= 4 is 22.3 Å². The van der Waals surface area contributed by atoms with Crippen molar-refractivity contribution in [2.75, 3.05) is 6.61 Å². The van der Waals surface area contributed by atoms with E-state index in [1.165, 1.54) is 23.5 Å². The van der Waals surface area contributed by atoms with Gasteiger partial charge in [0, 0.05) is 17.5 Å². The molecule has 108 valence electrons. The molecule has 0 aliphatic carbocycles. The summed E-state index contributed by atoms with van der Waals surface area (Å²) in [6.07, 6.45) is 1.84. The zero-order chi connectivity index (χ0) is 15.0. The molecule has 0 aliphatic heterocycles. The van der Waals surface area contributed by atoms with Crippen LogP contribution in [0.1, 0.15) is 22.3 Å². The molecule has 3 rings (SSSR count). The van der Waals surface area contributed by atoms with Gasteiger partial charge >= 0.3 is 5.97 Å². The molecule has 0 atom stereocenters. The Labute approximate surface area is 124 Å². The molecule has 0 fully saturated rings. The molecule has 0 aliphatic rings. The highest BCUT2D eigenvalue weighted by Crippen LogP contribution is 2.27. The average Bonchev–Trinajstić information content (AvgIpc) is 3.00. The van der Waals surface area contributed by atoms with E-state index >= 15 is 0 Å². The maximum atomic E-state index is 13.0. The highest BCUT2D eigenvalue weighted by molar-refractivity contribution is 7.19. The van der Waals surface area contributed by atoms with Crippen LogP contribution in [0.25, 0.3) is 16.2 Å². The number of imidazole rings is 1. The summed E-state index contributed by atoms with van der Waals surface area (Å²) in [5.41, 5.74) is 2.39. The summed E-state index contributed by atoms with van der Waals surface area (Å²) in [7, 11) is 0. The largest absolute Gasteiger partial charge is 0.462 e. The lowest BCUT2D eigenvalue weighted by molar-refractivity contribution is 0.0531. The highest BCUT2D eigenvalue weighted by atomic mass is 32.1. The van der Waals surface area contributed by atoms with Crippen LogP contribution < -0.4 is 0 Å². The van der Waals surface area contributed by atoms with Gasteiger partial charge < -0.3 is 4.74 Å². The summed E-state index contributed by atoms with van der Waals surface area (Å²) in [6.45, 7) is 3.98. The molecule has 0 radical (unpaired) electrons. The predicted octanol–water partition coefficient (Wildman–Crippen LogP) is 3.69. The number of aryl methyl sites for hydroxylation is 1. The van der Waals surface area contributed by atoms with Crippen LogP contribution in [0.15, 0.2) is 30.5 Å². The number of esters is 1. The number of rotatable bonds is 3. The van der Waals surface area contributed by atoms with Gasteiger partial charge in [0.25, 0.3) is 0 Å². The number of halogens is 1. The zero-order valence-corrected chi connectivity index (χ0v) is 12.4. The number of carbonyl (C=O) groups excluding carboxylic acids is 1. The van der Waals surface area contributed by atoms with Crippen LogP contribution >= 0.6 is 11.3 Å². The van der Waals surface area contributed by atoms with Crippen molar-refractivity contribution in [3.63, 3.8) is 0 Å². The number of aromatic nitrogens is 2. The fourth-order valence-corrected chi connectivity index (χ4v) is 3.10. The number of benzene rings is 1. The summed E-state index contributed by atoms with van der Waals surface area (Å²) in [4.78, 5) is 17.6. The standard InChI is InChI=1S/C15H13FN2O2S/c1-3-20-14(19)13-9(2)18-8-12(17-15(18)21-13)10-4-6-11(16)7-5-10/h4-8H,3H2,1-2H3. The Kier molecular flexibility index (Phi) is 3.47. The van der Waals surface area contributed by atoms with Crippen LogP contribution in [-0.4, -0.2) is 22.0 Å². The zero-order valence-electron chi connectivity index (χ0n) is 11.6. The van der Waals surface area contributed by atoms with Gasteiger partial charge in [-0.25, -0.2) is 14.2 Å². The lowest BCUT2D eigenvalue weighted by Crippen LogP contribution is -2.04. The Hall–Kier alpha value is -2.21. The Bertz CT molecular complexity index is 805. The van der Waals surface area contributed by atoms with Crippen molar-refractivity contribution < 1.29 is 13.9 Å². The fraction of sp³-hybridized carbons (Fsp3) is 0.200. The number of thiazole rings is 1. The van der Waals surface area contributed by atoms with E-state index in [9.17, 15) is 9.18 Å². The van der Waals surface area contributed by atoms with E-state index in [1.54, 1.807) is 19.1 Å². The van der Waals surface area contributed by atoms with Crippen molar-refractivity contribution in [2.24, 2.45) is 0 Å². The fourth-order valence-electron chi connectivity index (χ4n) is 2.10. The van der Waals surface area contributed by atoms with E-state index in [0.29, 0.717) is 11.5 Å². The molecule has 21 heavy (non-hydrogen) atoms. The first-order chi connectivity index (χ1) is 10.1. The van der Waals surface area contributed by atoms with Crippen molar-refractivity contribution in [1.82, 2.24) is 9.38 Å². The summed E-state index contributed by atoms with van der Waals surface area (Å²) in [6, 6.07) is 6.17. The maximum Gasteiger partial charge on any atom is 0.350 e. The molecule has 0 bridgehead atoms. The van der Waals surface area contributed by atoms with Crippen LogP contribution in [0.5, 0.6) is 0 Å². The van der Waals surface area contributed by atoms with E-state index < -0.39 is 0 Å². The van der Waals surface area contributed by atoms with Crippen LogP contribution in [-0.2, 0) is 4.74 Å². The lowest BCUT2D eigenvalue weighted by Gasteiger charge is -1.99. The molecule has 2 heterocycles. The average molecular weight is 304 g/mol. The molecule has 0 saturated carbocycles. The Balaban J connectivity index is 2.02. The molecule has 2 aromatic heterocycles. The van der Waals surface area contributed by atoms with E-state index in [1.807, 2.05) is 17.5 Å². The lowest BCUT2D eigenvalue weighted by atomic mass is 10.2. The molecule has 4 nitrogen and oxygen atoms in total. The normalized spacial score (nSPS) is 11.0. The van der Waals surface area contributed by atoms with Crippen LogP contribution in [0.3, 0.4) is 0 Å². The van der Waals surface area contributed by atoms with Gasteiger partial charge in [-0.05, 0) is 38.1 Å². The van der Waals surface area contributed by atoms with Gasteiger partial charge in [0.1, 0.15) is 10.7 Å². The minimum Gasteiger partial charge on any atom is -0.462 e. The van der Waals surface area contributed by atoms with E-state index in [-0.39, 0.29) is 11.8 Å². The Morgan fingerprint density at radius 3 is 2.71 bits per heavy atom. The SMILES string of the molecule is CCOC(=O)c1sc2nc(-c3ccc(F)cc3)cn2c1C. The van der Waals surface area contributed by atoms with Gasteiger partial charge in [0.15, 0.2) is 4.96 Å². The number of carbonyl (C=O) groups is 1. The van der Waals surface area contributed by atoms with E-state index in [2.05, 4.69) is 4.98 Å². The van der Waals surface area contributed by atoms with E-state index in [0.717, 1.165) is 21.9 Å². The molecule has 0 N–H and O–H groups in total. The molecule has 0 unspecified atom stereocenters. The van der Waals surface area contributed by atoms with Gasteiger partial charge in [-0.2, -0.15) is 0 Å². The van der Waals surface area contributed by atoms with Crippen LogP contribution in [0.2, 0.25) is 0 Å². The van der Waals surface area contributed by atoms with Gasteiger partial charge in [-0.3, -0.25) is 4.40 Å². The second-order valence-electron chi connectivity index (χ2n) is 4.52. The smallest absolute Gasteiger partial charge is 0.350 e. The third-order valence-corrected chi connectivity index (χ3v) is 4.29. The van der Waals surface area contributed by atoms with Crippen molar-refractivity contribution in [3.05, 3.63) is 46.9 Å². The summed E-state index contributed by atoms with van der Waals surface area (Å²) < 4.78 is 19.8. The van der Waals surface area contributed by atoms with Crippen LogP contribution in [0.4, 0.5) is 4.39 Å². The Morgan fingerprint density at radius 1 is 1.38 bits per heavy atom. The molecular formula is C15H13FN2O2S. The first-order valence-corrected chi connectivity index (χ1v) is 7.33. The number of nitrogens with zero attached hydrogens (tertiary/aromatic N) is 2. The second kappa shape index (κ2) is 5.29. The molecule has 6 heteroatoms. The number of fused-ring (bicyclic) bond motifs is 1. The molecular weight excluding hydrogens is 291 g/mol. The van der Waals surface area contributed by atoms with Crippen molar-refractivity contribution in [1.29, 1.82) is 0 Å². The minimum absolute atomic E-state index is 0.277. The van der Waals surface area contributed by atoms with Crippen LogP contribution in [0, 0.1) is 12.7 Å². The highest BCUT2D eigenvalue weighted by Gasteiger charge is 2.18. The third-order valence-electron chi connectivity index (χ3n) is 3.16. The number of hydrogen-bond donors (Lipinski definition) is 0. The summed E-state index contributed by atoms with van der Waals surface area (Å²) >= 11 is 1.29. The van der Waals surface area contributed by atoms with Crippen molar-refractivity contribution in [3.8, 4) is 11.3 Å². The molecule has 0 saturated heterocycles. The van der Waals surface area contributed by atoms with Gasteiger partial charge in [-0.1, -0.05) is 11.3 Å². The second-order valence-corrected chi connectivity index (χ2v) is 5.50. The molecule has 0 spiro atoms. The first kappa shape index (κ1) is 13.8. The number of hydrogen-bond acceptors (Lipinski definition) is 4. The summed E-state index contributed by atoms with van der Waals surface area (Å²) in [5, 5.41) is 0. The molecule has 0 amide bonds. The van der Waals surface area contributed by atoms with Gasteiger partial charge in [-0.15, -0.1) is 0 Å². The first-order valence-electron chi connectivity index (χ1n) is 6.51. The Morgan fingerprint density at radius 2 is 2.10 bits per heavy atom. The molecule has 1 aromatic carbocycles. The minimum atomic E-state index is -0.325. The quantitative estimate of drug-likeness (QED) is 0.693. The van der Waals surface area contributed by atoms with Crippen molar-refractivity contribution in [2.45, 2.75) is 13.8 Å². The molecule has 3 aromatic rings. The monoisotopic (exact) mass is 304 g/mol. The predicted molar refractivity (Wildman–Crippen MR) is 79.2 cm³/mol. The van der Waals surface area contributed by atoms with Gasteiger partial charge in [0.05, 0.1) is 12.3 Å². The third kappa shape index (κ3) is 2.42. The number of ether oxygens (including phenoxy) is 1. The topological polar surface area (TPSA) is 43.6 Å².